The van der Waals surface area contributed by atoms with Crippen LogP contribution in [0.5, 0.6) is 5.88 Å². The summed E-state index contributed by atoms with van der Waals surface area (Å²) in [7, 11) is -3.93. The number of sulfonamides is 1. The predicted molar refractivity (Wildman–Crippen MR) is 105 cm³/mol. The molecule has 1 aromatic carbocycles. The quantitative estimate of drug-likeness (QED) is 0.584. The number of anilines is 1. The normalized spacial score (nSPS) is 12.0. The number of nitrogens with zero attached hydrogens (tertiary/aromatic N) is 2. The van der Waals surface area contributed by atoms with Gasteiger partial charge in [0.05, 0.1) is 27.3 Å². The minimum Gasteiger partial charge on any atom is -0.475 e. The molecule has 146 valence electrons. The Morgan fingerprint density at radius 1 is 1.36 bits per heavy atom. The maximum Gasteiger partial charge on any atom is 0.262 e. The monoisotopic (exact) mass is 400 g/mol. The molecule has 0 radical (unpaired) electrons. The third kappa shape index (κ3) is 4.08. The molecule has 2 heterocycles. The number of nitriles is 1. The van der Waals surface area contributed by atoms with Crippen molar-refractivity contribution in [3.8, 4) is 11.9 Å². The zero-order chi connectivity index (χ0) is 20.5. The topological polar surface area (TPSA) is 128 Å². The molecule has 0 saturated heterocycles. The molecule has 0 saturated carbocycles. The number of H-pyrrole nitrogens is 1. The van der Waals surface area contributed by atoms with Crippen molar-refractivity contribution in [2.75, 3.05) is 11.3 Å². The maximum atomic E-state index is 12.8. The largest absolute Gasteiger partial charge is 0.475 e. The molecule has 28 heavy (non-hydrogen) atoms. The van der Waals surface area contributed by atoms with Gasteiger partial charge in [0.1, 0.15) is 12.7 Å². The van der Waals surface area contributed by atoms with E-state index in [2.05, 4.69) is 20.8 Å². The van der Waals surface area contributed by atoms with Crippen molar-refractivity contribution in [1.82, 2.24) is 9.97 Å². The first-order chi connectivity index (χ1) is 13.1. The predicted octanol–water partition coefficient (Wildman–Crippen LogP) is 2.69. The second-order valence-corrected chi connectivity index (χ2v) is 8.71. The average molecular weight is 400 g/mol. The van der Waals surface area contributed by atoms with Gasteiger partial charge in [0.2, 0.25) is 5.88 Å². The van der Waals surface area contributed by atoms with Crippen LogP contribution in [0.3, 0.4) is 0 Å². The van der Waals surface area contributed by atoms with Crippen LogP contribution in [0, 0.1) is 18.3 Å². The molecule has 9 heteroatoms. The Balaban J connectivity index is 1.93. The number of aromatic amines is 1. The van der Waals surface area contributed by atoms with E-state index in [9.17, 15) is 18.8 Å². The van der Waals surface area contributed by atoms with E-state index in [4.69, 9.17) is 4.74 Å². The number of nitrogens with one attached hydrogen (secondary N) is 2. The minimum atomic E-state index is -3.93. The highest BCUT2D eigenvalue weighted by Gasteiger charge is 2.20. The summed E-state index contributed by atoms with van der Waals surface area (Å²) in [5.41, 5.74) is 1.10. The fraction of sp³-hybridized carbons (Fsp3) is 0.263. The molecule has 2 aromatic heterocycles. The second kappa shape index (κ2) is 7.14. The Kier molecular flexibility index (Phi) is 5.02. The lowest BCUT2D eigenvalue weighted by atomic mass is 10.1. The molecule has 3 aromatic rings. The highest BCUT2D eigenvalue weighted by molar-refractivity contribution is 7.92. The first kappa shape index (κ1) is 19.7. The number of ether oxygens (including phenoxy) is 1. The third-order valence-corrected chi connectivity index (χ3v) is 5.36. The standard InChI is InChI=1S/C19H20N4O4S/c1-12-4-5-15(18-17(12)13(9-20)10-22-18)23-28(25,26)14-6-7-21-16(8-14)27-11-19(2,3)24/h4-8,10,22-24H,11H2,1-3H3. The molecule has 0 fully saturated rings. The summed E-state index contributed by atoms with van der Waals surface area (Å²) in [6.45, 7) is 4.96. The van der Waals surface area contributed by atoms with Gasteiger partial charge in [-0.05, 0) is 38.5 Å². The first-order valence-electron chi connectivity index (χ1n) is 8.45. The van der Waals surface area contributed by atoms with E-state index < -0.39 is 15.6 Å². The minimum absolute atomic E-state index is 0.0328. The molecule has 0 aliphatic carbocycles. The van der Waals surface area contributed by atoms with Crippen molar-refractivity contribution in [1.29, 1.82) is 5.26 Å². The summed E-state index contributed by atoms with van der Waals surface area (Å²) in [4.78, 5) is 6.89. The van der Waals surface area contributed by atoms with Crippen molar-refractivity contribution < 1.29 is 18.3 Å². The van der Waals surface area contributed by atoms with Crippen LogP contribution in [0.2, 0.25) is 0 Å². The van der Waals surface area contributed by atoms with Crippen molar-refractivity contribution in [2.24, 2.45) is 0 Å². The van der Waals surface area contributed by atoms with Gasteiger partial charge in [-0.3, -0.25) is 4.72 Å². The smallest absolute Gasteiger partial charge is 0.262 e. The Labute approximate surface area is 162 Å². The molecule has 0 aliphatic rings. The van der Waals surface area contributed by atoms with E-state index in [-0.39, 0.29) is 17.4 Å². The fourth-order valence-electron chi connectivity index (χ4n) is 2.69. The van der Waals surface area contributed by atoms with Gasteiger partial charge in [0.25, 0.3) is 10.0 Å². The molecular weight excluding hydrogens is 380 g/mol. The van der Waals surface area contributed by atoms with E-state index in [0.717, 1.165) is 5.56 Å². The lowest BCUT2D eigenvalue weighted by molar-refractivity contribution is 0.0267. The van der Waals surface area contributed by atoms with Crippen LogP contribution in [-0.4, -0.2) is 35.7 Å². The summed E-state index contributed by atoms with van der Waals surface area (Å²) in [5, 5.41) is 19.7. The summed E-state index contributed by atoms with van der Waals surface area (Å²) in [6.07, 6.45) is 2.87. The van der Waals surface area contributed by atoms with Crippen molar-refractivity contribution in [3.63, 3.8) is 0 Å². The number of aliphatic hydroxyl groups is 1. The van der Waals surface area contributed by atoms with E-state index in [0.29, 0.717) is 22.2 Å². The van der Waals surface area contributed by atoms with Crippen LogP contribution in [0.1, 0.15) is 25.0 Å². The van der Waals surface area contributed by atoms with E-state index in [1.165, 1.54) is 18.3 Å². The molecule has 0 aliphatic heterocycles. The zero-order valence-electron chi connectivity index (χ0n) is 15.6. The van der Waals surface area contributed by atoms with E-state index in [1.807, 2.05) is 6.92 Å². The van der Waals surface area contributed by atoms with Gasteiger partial charge < -0.3 is 14.8 Å². The number of rotatable bonds is 6. The summed E-state index contributed by atoms with van der Waals surface area (Å²) >= 11 is 0. The highest BCUT2D eigenvalue weighted by Crippen LogP contribution is 2.30. The molecule has 0 spiro atoms. The SMILES string of the molecule is Cc1ccc(NS(=O)(=O)c2ccnc(OCC(C)(C)O)c2)c2[nH]cc(C#N)c12. The van der Waals surface area contributed by atoms with Gasteiger partial charge in [-0.1, -0.05) is 6.07 Å². The van der Waals surface area contributed by atoms with Crippen LogP contribution < -0.4 is 9.46 Å². The van der Waals surface area contributed by atoms with Crippen LogP contribution in [-0.2, 0) is 10.0 Å². The molecule has 0 unspecified atom stereocenters. The Morgan fingerprint density at radius 2 is 2.11 bits per heavy atom. The number of hydrogen-bond donors (Lipinski definition) is 3. The van der Waals surface area contributed by atoms with Crippen LogP contribution in [0.25, 0.3) is 10.9 Å². The summed E-state index contributed by atoms with van der Waals surface area (Å²) in [6, 6.07) is 8.11. The van der Waals surface area contributed by atoms with E-state index in [1.54, 1.807) is 32.2 Å². The highest BCUT2D eigenvalue weighted by atomic mass is 32.2. The number of fused-ring (bicyclic) bond motifs is 1. The summed E-state index contributed by atoms with van der Waals surface area (Å²) in [5.74, 6) is 0.0886. The molecule has 0 bridgehead atoms. The van der Waals surface area contributed by atoms with Crippen molar-refractivity contribution >= 4 is 26.6 Å². The molecule has 0 amide bonds. The third-order valence-electron chi connectivity index (χ3n) is 4.00. The Hall–Kier alpha value is -3.09. The molecule has 3 N–H and O–H groups in total. The number of aryl methyl sites for hydroxylation is 1. The van der Waals surface area contributed by atoms with Crippen molar-refractivity contribution in [2.45, 2.75) is 31.3 Å². The van der Waals surface area contributed by atoms with Gasteiger partial charge in [-0.25, -0.2) is 13.4 Å². The second-order valence-electron chi connectivity index (χ2n) is 7.03. The average Bonchev–Trinajstić information content (AvgIpc) is 3.07. The zero-order valence-corrected chi connectivity index (χ0v) is 16.5. The molecule has 3 rings (SSSR count). The molecular formula is C19H20N4O4S. The number of benzene rings is 1. The fourth-order valence-corrected chi connectivity index (χ4v) is 3.76. The van der Waals surface area contributed by atoms with Crippen LogP contribution >= 0.6 is 0 Å². The molecule has 0 atom stereocenters. The Bertz CT molecular complexity index is 1170. The number of pyridine rings is 1. The van der Waals surface area contributed by atoms with Gasteiger partial charge in [-0.2, -0.15) is 5.26 Å². The van der Waals surface area contributed by atoms with Gasteiger partial charge in [0.15, 0.2) is 0 Å². The van der Waals surface area contributed by atoms with Gasteiger partial charge in [0, 0.05) is 23.8 Å². The van der Waals surface area contributed by atoms with Gasteiger partial charge >= 0.3 is 0 Å². The van der Waals surface area contributed by atoms with Crippen molar-refractivity contribution in [3.05, 3.63) is 47.8 Å². The van der Waals surface area contributed by atoms with Crippen LogP contribution in [0.4, 0.5) is 5.69 Å². The summed E-state index contributed by atoms with van der Waals surface area (Å²) < 4.78 is 33.6. The Morgan fingerprint density at radius 3 is 2.79 bits per heavy atom. The lowest BCUT2D eigenvalue weighted by Gasteiger charge is -2.17. The lowest BCUT2D eigenvalue weighted by Crippen LogP contribution is -2.28. The van der Waals surface area contributed by atoms with Crippen LogP contribution in [0.15, 0.2) is 41.6 Å². The molecule has 8 nitrogen and oxygen atoms in total. The number of aromatic nitrogens is 2. The number of hydrogen-bond acceptors (Lipinski definition) is 6. The maximum absolute atomic E-state index is 12.8. The first-order valence-corrected chi connectivity index (χ1v) is 9.94. The van der Waals surface area contributed by atoms with Gasteiger partial charge in [-0.15, -0.1) is 0 Å². The van der Waals surface area contributed by atoms with E-state index >= 15 is 0 Å².